The molecule has 0 spiro atoms. The van der Waals surface area contributed by atoms with Crippen LogP contribution in [0, 0.1) is 6.92 Å². The maximum atomic E-state index is 12.1. The van der Waals surface area contributed by atoms with Gasteiger partial charge in [0.15, 0.2) is 0 Å². The molecular weight excluding hydrogens is 292 g/mol. The van der Waals surface area contributed by atoms with Gasteiger partial charge in [-0.1, -0.05) is 11.6 Å². The monoisotopic (exact) mass is 314 g/mol. The van der Waals surface area contributed by atoms with Crippen molar-refractivity contribution < 1.29 is 14.6 Å². The van der Waals surface area contributed by atoms with Crippen LogP contribution in [0.15, 0.2) is 12.1 Å². The van der Waals surface area contributed by atoms with E-state index >= 15 is 0 Å². The number of nitrogens with one attached hydrogen (secondary N) is 1. The first-order valence-electron chi connectivity index (χ1n) is 6.67. The highest BCUT2D eigenvalue weighted by Crippen LogP contribution is 2.30. The summed E-state index contributed by atoms with van der Waals surface area (Å²) in [7, 11) is 3.30. The first kappa shape index (κ1) is 17.8. The molecule has 21 heavy (non-hydrogen) atoms. The number of methoxy groups -OCH3 is 1. The van der Waals surface area contributed by atoms with E-state index in [4.69, 9.17) is 16.3 Å². The number of carbonyl (C=O) groups is 1. The van der Waals surface area contributed by atoms with Gasteiger partial charge in [-0.3, -0.25) is 9.69 Å². The van der Waals surface area contributed by atoms with Crippen molar-refractivity contribution in [2.24, 2.45) is 0 Å². The molecule has 0 atom stereocenters. The second-order valence-corrected chi connectivity index (χ2v) is 6.24. The molecule has 118 valence electrons. The number of rotatable bonds is 6. The van der Waals surface area contributed by atoms with Crippen LogP contribution < -0.4 is 10.1 Å². The third kappa shape index (κ3) is 5.91. The van der Waals surface area contributed by atoms with Crippen molar-refractivity contribution in [1.29, 1.82) is 0 Å². The van der Waals surface area contributed by atoms with Gasteiger partial charge in [0, 0.05) is 17.6 Å². The number of carbonyl (C=O) groups excluding carboxylic acids is 1. The summed E-state index contributed by atoms with van der Waals surface area (Å²) in [5, 5.41) is 13.1. The Hall–Kier alpha value is -1.30. The summed E-state index contributed by atoms with van der Waals surface area (Å²) >= 11 is 6.03. The van der Waals surface area contributed by atoms with Crippen LogP contribution in [0.2, 0.25) is 5.02 Å². The molecule has 0 bridgehead atoms. The number of hydrogen-bond donors (Lipinski definition) is 2. The van der Waals surface area contributed by atoms with Gasteiger partial charge in [-0.2, -0.15) is 0 Å². The minimum Gasteiger partial charge on any atom is -0.495 e. The van der Waals surface area contributed by atoms with E-state index in [9.17, 15) is 9.90 Å². The quantitative estimate of drug-likeness (QED) is 0.846. The molecule has 0 aliphatic rings. The first-order chi connectivity index (χ1) is 9.62. The molecule has 1 aromatic carbocycles. The van der Waals surface area contributed by atoms with Crippen LogP contribution in [-0.4, -0.2) is 48.8 Å². The Morgan fingerprint density at radius 3 is 2.62 bits per heavy atom. The van der Waals surface area contributed by atoms with Crippen molar-refractivity contribution in [1.82, 2.24) is 4.90 Å². The van der Waals surface area contributed by atoms with Crippen molar-refractivity contribution in [2.45, 2.75) is 26.4 Å². The van der Waals surface area contributed by atoms with Crippen LogP contribution in [0.4, 0.5) is 5.69 Å². The number of amides is 1. The molecule has 0 aliphatic heterocycles. The van der Waals surface area contributed by atoms with Crippen LogP contribution in [0.1, 0.15) is 19.4 Å². The van der Waals surface area contributed by atoms with Gasteiger partial charge in [-0.25, -0.2) is 0 Å². The van der Waals surface area contributed by atoms with E-state index in [0.717, 1.165) is 5.56 Å². The Balaban J connectivity index is 2.73. The molecule has 0 unspecified atom stereocenters. The highest BCUT2D eigenvalue weighted by Gasteiger charge is 2.18. The number of benzene rings is 1. The van der Waals surface area contributed by atoms with Gasteiger partial charge in [0.1, 0.15) is 5.75 Å². The number of hydrogen-bond acceptors (Lipinski definition) is 4. The summed E-state index contributed by atoms with van der Waals surface area (Å²) < 4.78 is 5.21. The summed E-state index contributed by atoms with van der Waals surface area (Å²) in [6, 6.07) is 3.45. The Bertz CT molecular complexity index is 512. The second-order valence-electron chi connectivity index (χ2n) is 5.83. The zero-order valence-corrected chi connectivity index (χ0v) is 13.9. The molecule has 1 rings (SSSR count). The van der Waals surface area contributed by atoms with Crippen LogP contribution in [-0.2, 0) is 4.79 Å². The molecule has 0 fully saturated rings. The van der Waals surface area contributed by atoms with Crippen molar-refractivity contribution >= 4 is 23.2 Å². The molecule has 5 nitrogen and oxygen atoms in total. The van der Waals surface area contributed by atoms with Gasteiger partial charge in [-0.05, 0) is 39.4 Å². The molecule has 1 aromatic rings. The van der Waals surface area contributed by atoms with Gasteiger partial charge in [0.25, 0.3) is 0 Å². The van der Waals surface area contributed by atoms with Crippen molar-refractivity contribution in [3.05, 3.63) is 22.7 Å². The van der Waals surface area contributed by atoms with Crippen LogP contribution in [0.5, 0.6) is 5.75 Å². The fraction of sp³-hybridized carbons (Fsp3) is 0.533. The van der Waals surface area contributed by atoms with Crippen LogP contribution >= 0.6 is 11.6 Å². The zero-order valence-electron chi connectivity index (χ0n) is 13.2. The fourth-order valence-electron chi connectivity index (χ4n) is 2.08. The van der Waals surface area contributed by atoms with Gasteiger partial charge in [-0.15, -0.1) is 0 Å². The predicted octanol–water partition coefficient (Wildman–Crippen LogP) is 2.30. The maximum Gasteiger partial charge on any atom is 0.238 e. The summed E-state index contributed by atoms with van der Waals surface area (Å²) in [6.45, 7) is 5.84. The Morgan fingerprint density at radius 1 is 1.48 bits per heavy atom. The van der Waals surface area contributed by atoms with Gasteiger partial charge in [0.2, 0.25) is 5.91 Å². The number of halogens is 1. The summed E-state index contributed by atoms with van der Waals surface area (Å²) in [6.07, 6.45) is 0. The Labute approximate surface area is 130 Å². The molecule has 0 radical (unpaired) electrons. The molecular formula is C15H23ClN2O3. The van der Waals surface area contributed by atoms with E-state index in [1.54, 1.807) is 37.9 Å². The Morgan fingerprint density at radius 2 is 2.10 bits per heavy atom. The van der Waals surface area contributed by atoms with E-state index in [1.165, 1.54) is 7.11 Å². The number of aliphatic hydroxyl groups is 1. The summed E-state index contributed by atoms with van der Waals surface area (Å²) in [5.41, 5.74) is 0.600. The molecule has 1 amide bonds. The third-order valence-electron chi connectivity index (χ3n) is 2.83. The minimum atomic E-state index is -0.844. The molecule has 2 N–H and O–H groups in total. The highest BCUT2D eigenvalue weighted by atomic mass is 35.5. The zero-order chi connectivity index (χ0) is 16.2. The average Bonchev–Trinajstić information content (AvgIpc) is 2.30. The average molecular weight is 315 g/mol. The lowest BCUT2D eigenvalue weighted by molar-refractivity contribution is -0.117. The van der Waals surface area contributed by atoms with Crippen molar-refractivity contribution in [3.63, 3.8) is 0 Å². The van der Waals surface area contributed by atoms with Gasteiger partial charge >= 0.3 is 0 Å². The normalized spacial score (nSPS) is 11.6. The lowest BCUT2D eigenvalue weighted by Crippen LogP contribution is -2.40. The highest BCUT2D eigenvalue weighted by molar-refractivity contribution is 6.31. The first-order valence-corrected chi connectivity index (χ1v) is 7.05. The maximum absolute atomic E-state index is 12.1. The molecule has 6 heteroatoms. The molecule has 0 saturated carbocycles. The van der Waals surface area contributed by atoms with E-state index < -0.39 is 5.60 Å². The number of nitrogens with zero attached hydrogens (tertiary/aromatic N) is 1. The molecule has 0 aliphatic carbocycles. The standard InChI is InChI=1S/C15H23ClN2O3/c1-10-6-12(13(21-5)7-11(10)16)17-14(19)8-18(4)9-15(2,3)20/h6-7,20H,8-9H2,1-5H3,(H,17,19). The predicted molar refractivity (Wildman–Crippen MR) is 85.2 cm³/mol. The third-order valence-corrected chi connectivity index (χ3v) is 3.23. The van der Waals surface area contributed by atoms with Crippen LogP contribution in [0.3, 0.4) is 0 Å². The molecule has 0 aromatic heterocycles. The van der Waals surface area contributed by atoms with E-state index in [2.05, 4.69) is 5.32 Å². The number of anilines is 1. The van der Waals surface area contributed by atoms with Gasteiger partial charge < -0.3 is 15.2 Å². The summed E-state index contributed by atoms with van der Waals surface area (Å²) in [5.74, 6) is 0.339. The smallest absolute Gasteiger partial charge is 0.238 e. The number of aryl methyl sites for hydroxylation is 1. The second kappa shape index (κ2) is 7.11. The fourth-order valence-corrected chi connectivity index (χ4v) is 2.23. The Kier molecular flexibility index (Phi) is 6.01. The van der Waals surface area contributed by atoms with E-state index in [0.29, 0.717) is 23.0 Å². The topological polar surface area (TPSA) is 61.8 Å². The summed E-state index contributed by atoms with van der Waals surface area (Å²) in [4.78, 5) is 13.8. The number of likely N-dealkylation sites (N-methyl/N-ethyl adjacent to an activating group) is 1. The lowest BCUT2D eigenvalue weighted by atomic mass is 10.1. The molecule has 0 saturated heterocycles. The SMILES string of the molecule is COc1cc(Cl)c(C)cc1NC(=O)CN(C)CC(C)(C)O. The van der Waals surface area contributed by atoms with Crippen molar-refractivity contribution in [3.8, 4) is 5.75 Å². The van der Waals surface area contributed by atoms with Gasteiger partial charge in [0.05, 0.1) is 24.9 Å². The van der Waals surface area contributed by atoms with E-state index in [-0.39, 0.29) is 12.5 Å². The lowest BCUT2D eigenvalue weighted by Gasteiger charge is -2.25. The molecule has 0 heterocycles. The largest absolute Gasteiger partial charge is 0.495 e. The van der Waals surface area contributed by atoms with Crippen LogP contribution in [0.25, 0.3) is 0 Å². The minimum absolute atomic E-state index is 0.175. The number of ether oxygens (including phenoxy) is 1. The van der Waals surface area contributed by atoms with Crippen molar-refractivity contribution in [2.75, 3.05) is 32.6 Å². The van der Waals surface area contributed by atoms with E-state index in [1.807, 2.05) is 6.92 Å².